The summed E-state index contributed by atoms with van der Waals surface area (Å²) in [5, 5.41) is 16.5. The van der Waals surface area contributed by atoms with Gasteiger partial charge in [0.1, 0.15) is 24.3 Å². The van der Waals surface area contributed by atoms with Gasteiger partial charge in [0.15, 0.2) is 18.5 Å². The number of ether oxygens (including phenoxy) is 6. The van der Waals surface area contributed by atoms with Crippen LogP contribution in [0.2, 0.25) is 0 Å². The van der Waals surface area contributed by atoms with Crippen molar-refractivity contribution in [3.63, 3.8) is 0 Å². The van der Waals surface area contributed by atoms with Gasteiger partial charge in [-0.05, 0) is 73.2 Å². The molecule has 6 bridgehead atoms. The predicted molar refractivity (Wildman–Crippen MR) is 224 cm³/mol. The monoisotopic (exact) mass is 864 g/mol. The molecular formula is C45H64N6O11. The first kappa shape index (κ1) is 45.9. The van der Waals surface area contributed by atoms with Crippen molar-refractivity contribution in [1.82, 2.24) is 24.8 Å². The average molecular weight is 865 g/mol. The van der Waals surface area contributed by atoms with Gasteiger partial charge in [0.05, 0.1) is 72.7 Å². The molecule has 0 saturated carbocycles. The van der Waals surface area contributed by atoms with Crippen molar-refractivity contribution < 1.29 is 52.7 Å². The smallest absolute Gasteiger partial charge is 0.411 e. The van der Waals surface area contributed by atoms with Crippen LogP contribution in [0.15, 0.2) is 42.1 Å². The summed E-state index contributed by atoms with van der Waals surface area (Å²) >= 11 is 0. The van der Waals surface area contributed by atoms with E-state index < -0.39 is 89.6 Å². The summed E-state index contributed by atoms with van der Waals surface area (Å²) in [6, 6.07) is 4.42. The zero-order chi connectivity index (χ0) is 44.7. The lowest BCUT2D eigenvalue weighted by Crippen LogP contribution is -2.61. The third-order valence-electron chi connectivity index (χ3n) is 13.8. The summed E-state index contributed by atoms with van der Waals surface area (Å²) in [5.74, 6) is -4.10. The number of cyclic esters (lactones) is 1. The number of rotatable bonds is 8. The first-order valence-corrected chi connectivity index (χ1v) is 22.0. The van der Waals surface area contributed by atoms with Gasteiger partial charge in [0.2, 0.25) is 0 Å². The molecule has 15 atom stereocenters. The van der Waals surface area contributed by atoms with E-state index >= 15 is 0 Å². The van der Waals surface area contributed by atoms with E-state index in [4.69, 9.17) is 43.4 Å². The zero-order valence-corrected chi connectivity index (χ0v) is 37.6. The summed E-state index contributed by atoms with van der Waals surface area (Å²) in [6.07, 6.45) is 0.335. The first-order chi connectivity index (χ1) is 29.4. The quantitative estimate of drug-likeness (QED) is 0.289. The molecule has 5 aliphatic rings. The van der Waals surface area contributed by atoms with E-state index in [2.05, 4.69) is 9.97 Å². The number of likely N-dealkylation sites (N-methyl/N-ethyl adjacent to an activating group) is 1. The lowest BCUT2D eigenvalue weighted by atomic mass is 9.73. The number of nitrogens with zero attached hydrogens (tertiary/aromatic N) is 6. The standard InChI is InChI=1S/C45H64N6O11/c1-11-35-45(8)39-26(4)36(52)24(2)16-44(7)40(61-42-37(53)34(50(9)10)15-25(3)59-42)27(5)38(28(6)41(54)60-35)56-20-30(21-57-44)33(19-51(39)43(55)62-45)49-58-22-31-13-12-14-32(48-31)29-17-46-23-47-18-29/h12-14,17-18,23-28,30,34-35,37-40,42,53H,11,15-16,19-22H2,1-10H3/b49-33-/t24-,25-,26+,27+,28-,30?,34+,35-,37-,38+,39+,40-,42+,44?,45?/m1/s1. The molecule has 1 amide bonds. The molecule has 17 heteroatoms. The molecule has 3 unspecified atom stereocenters. The summed E-state index contributed by atoms with van der Waals surface area (Å²) in [7, 11) is 3.82. The van der Waals surface area contributed by atoms with Crippen LogP contribution in [-0.4, -0.2) is 147 Å². The summed E-state index contributed by atoms with van der Waals surface area (Å²) in [5.41, 5.74) is -0.222. The van der Waals surface area contributed by atoms with Crippen LogP contribution in [0.3, 0.4) is 0 Å². The van der Waals surface area contributed by atoms with Crippen LogP contribution in [0.25, 0.3) is 11.3 Å². The van der Waals surface area contributed by atoms with Crippen LogP contribution in [0.1, 0.15) is 80.3 Å². The van der Waals surface area contributed by atoms with Crippen LogP contribution >= 0.6 is 0 Å². The number of carbonyl (C=O) groups excluding carboxylic acids is 3. The van der Waals surface area contributed by atoms with Crippen LogP contribution in [0.5, 0.6) is 0 Å². The number of aromatic nitrogens is 3. The molecule has 1 N–H and O–H groups in total. The number of hydrogen-bond acceptors (Lipinski definition) is 16. The van der Waals surface area contributed by atoms with Gasteiger partial charge in [-0.15, -0.1) is 0 Å². The number of esters is 1. The number of Topliss-reactive ketones (excluding diaryl/α,β-unsaturated/α-hetero) is 1. The molecule has 7 heterocycles. The van der Waals surface area contributed by atoms with Crippen molar-refractivity contribution in [2.45, 2.75) is 141 Å². The lowest BCUT2D eigenvalue weighted by Gasteiger charge is -2.48. The maximum atomic E-state index is 14.9. The third-order valence-corrected chi connectivity index (χ3v) is 13.8. The van der Waals surface area contributed by atoms with Gasteiger partial charge in [0.25, 0.3) is 0 Å². The topological polar surface area (TPSA) is 194 Å². The van der Waals surface area contributed by atoms with Gasteiger partial charge >= 0.3 is 12.1 Å². The molecule has 62 heavy (non-hydrogen) atoms. The van der Waals surface area contributed by atoms with E-state index in [1.165, 1.54) is 11.2 Å². The Bertz CT molecular complexity index is 1960. The van der Waals surface area contributed by atoms with Crippen molar-refractivity contribution in [3.05, 3.63) is 42.6 Å². The number of ketones is 1. The van der Waals surface area contributed by atoms with Crippen LogP contribution < -0.4 is 0 Å². The molecule has 2 aromatic rings. The summed E-state index contributed by atoms with van der Waals surface area (Å²) in [6.45, 7) is 14.8. The first-order valence-electron chi connectivity index (χ1n) is 22.0. The number of fused-ring (bicyclic) bond motifs is 5. The minimum Gasteiger partial charge on any atom is -0.458 e. The van der Waals surface area contributed by atoms with Crippen LogP contribution in [0.4, 0.5) is 4.79 Å². The van der Waals surface area contributed by atoms with Gasteiger partial charge < -0.3 is 43.3 Å². The Balaban J connectivity index is 1.35. The second-order valence-electron chi connectivity index (χ2n) is 18.6. The van der Waals surface area contributed by atoms with E-state index in [0.717, 1.165) is 5.56 Å². The number of pyridine rings is 1. The van der Waals surface area contributed by atoms with Crippen molar-refractivity contribution in [2.24, 2.45) is 34.7 Å². The minimum atomic E-state index is -1.41. The Labute approximate surface area is 364 Å². The number of aliphatic hydroxyl groups excluding tert-OH is 1. The highest BCUT2D eigenvalue weighted by Crippen LogP contribution is 2.45. The molecule has 0 aliphatic carbocycles. The van der Waals surface area contributed by atoms with E-state index in [1.54, 1.807) is 33.2 Å². The van der Waals surface area contributed by atoms with Gasteiger partial charge in [-0.2, -0.15) is 0 Å². The van der Waals surface area contributed by atoms with Crippen molar-refractivity contribution >= 4 is 23.6 Å². The highest BCUT2D eigenvalue weighted by molar-refractivity contribution is 5.92. The number of hydrogen-bond donors (Lipinski definition) is 1. The summed E-state index contributed by atoms with van der Waals surface area (Å²) < 4.78 is 39.9. The maximum absolute atomic E-state index is 14.9. The van der Waals surface area contributed by atoms with Crippen molar-refractivity contribution in [3.8, 4) is 11.3 Å². The Morgan fingerprint density at radius 2 is 1.77 bits per heavy atom. The predicted octanol–water partition coefficient (Wildman–Crippen LogP) is 4.44. The molecule has 5 fully saturated rings. The normalized spacial score (nSPS) is 40.0. The van der Waals surface area contributed by atoms with Gasteiger partial charge in [-0.25, -0.2) is 19.7 Å². The molecule has 5 aliphatic heterocycles. The van der Waals surface area contributed by atoms with E-state index in [-0.39, 0.29) is 50.7 Å². The molecular weight excluding hydrogens is 801 g/mol. The number of carbonyl (C=O) groups is 3. The zero-order valence-electron chi connectivity index (χ0n) is 37.6. The van der Waals surface area contributed by atoms with Crippen LogP contribution in [0, 0.1) is 29.6 Å². The molecule has 7 rings (SSSR count). The van der Waals surface area contributed by atoms with Gasteiger partial charge in [0, 0.05) is 47.7 Å². The fraction of sp³-hybridized carbons (Fsp3) is 0.711. The minimum absolute atomic E-state index is 0.0158. The second-order valence-corrected chi connectivity index (χ2v) is 18.6. The molecule has 0 aromatic carbocycles. The van der Waals surface area contributed by atoms with E-state index in [0.29, 0.717) is 29.9 Å². The van der Waals surface area contributed by atoms with Crippen molar-refractivity contribution in [1.29, 1.82) is 0 Å². The number of aliphatic hydroxyl groups is 1. The van der Waals surface area contributed by atoms with Crippen molar-refractivity contribution in [2.75, 3.05) is 33.9 Å². The molecule has 340 valence electrons. The number of amides is 1. The Hall–Kier alpha value is -4.13. The molecule has 5 saturated heterocycles. The summed E-state index contributed by atoms with van der Waals surface area (Å²) in [4.78, 5) is 66.1. The number of oxime groups is 1. The SMILES string of the molecule is CC[C@H]1OC(=O)[C@H](C)[C@H]2OCC3COC(C)(C[C@@H](C)C(=O)[C@H](C)[C@@H]4N(C/C3=N/OCc3cccc(-c5cncnc5)n3)C(=O)OC41C)[C@H](O[C@@H]1O[C@H](C)C[C@H](N(C)C)[C@H]1O)[C@H]2C. The van der Waals surface area contributed by atoms with E-state index in [1.807, 2.05) is 71.8 Å². The highest BCUT2D eigenvalue weighted by atomic mass is 16.7. The Morgan fingerprint density at radius 1 is 1.03 bits per heavy atom. The fourth-order valence-electron chi connectivity index (χ4n) is 10.5. The Kier molecular flexibility index (Phi) is 13.7. The third kappa shape index (κ3) is 8.98. The largest absolute Gasteiger partial charge is 0.458 e. The average Bonchev–Trinajstić information content (AvgIpc) is 3.52. The van der Waals surface area contributed by atoms with E-state index in [9.17, 15) is 19.5 Å². The van der Waals surface area contributed by atoms with Crippen LogP contribution in [-0.2, 0) is 49.5 Å². The van der Waals surface area contributed by atoms with Gasteiger partial charge in [-0.1, -0.05) is 38.9 Å². The van der Waals surface area contributed by atoms with Gasteiger partial charge in [-0.3, -0.25) is 14.5 Å². The Morgan fingerprint density at radius 3 is 2.48 bits per heavy atom. The lowest BCUT2D eigenvalue weighted by molar-refractivity contribution is -0.302. The highest BCUT2D eigenvalue weighted by Gasteiger charge is 2.61. The molecule has 17 nitrogen and oxygen atoms in total. The molecule has 0 spiro atoms. The molecule has 2 aromatic heterocycles. The second kappa shape index (κ2) is 18.5. The maximum Gasteiger partial charge on any atom is 0.411 e. The molecule has 0 radical (unpaired) electrons. The fourth-order valence-corrected chi connectivity index (χ4v) is 10.5.